The van der Waals surface area contributed by atoms with E-state index in [0.717, 1.165) is 12.2 Å². The highest BCUT2D eigenvalue weighted by Gasteiger charge is 1.98. The molecule has 0 fully saturated rings. The van der Waals surface area contributed by atoms with Gasteiger partial charge in [0.05, 0.1) is 5.69 Å². The number of nitrogens with zero attached hydrogens (tertiary/aromatic N) is 2. The predicted molar refractivity (Wildman–Crippen MR) is 44.4 cm³/mol. The van der Waals surface area contributed by atoms with Crippen LogP contribution in [0.5, 0.6) is 0 Å². The Labute approximate surface area is 70.8 Å². The molecule has 1 aromatic heterocycles. The van der Waals surface area contributed by atoms with Gasteiger partial charge in [0.15, 0.2) is 5.15 Å². The molecule has 0 unspecified atom stereocenters. The maximum Gasteiger partial charge on any atom is 0.151 e. The SMILES string of the molecule is CCNCc1nccnc1Cl. The summed E-state index contributed by atoms with van der Waals surface area (Å²) >= 11 is 5.75. The molecule has 0 radical (unpaired) electrons. The van der Waals surface area contributed by atoms with Crippen LogP contribution in [0.4, 0.5) is 0 Å². The molecule has 11 heavy (non-hydrogen) atoms. The maximum absolute atomic E-state index is 5.75. The predicted octanol–water partition coefficient (Wildman–Crippen LogP) is 1.24. The average Bonchev–Trinajstić information content (AvgIpc) is 2.03. The van der Waals surface area contributed by atoms with E-state index >= 15 is 0 Å². The average molecular weight is 172 g/mol. The van der Waals surface area contributed by atoms with Crippen LogP contribution in [-0.2, 0) is 6.54 Å². The molecular formula is C7H10ClN3. The minimum Gasteiger partial charge on any atom is -0.311 e. The highest BCUT2D eigenvalue weighted by Crippen LogP contribution is 2.06. The summed E-state index contributed by atoms with van der Waals surface area (Å²) in [6.45, 7) is 3.63. The first-order valence-electron chi connectivity index (χ1n) is 3.50. The molecule has 0 saturated heterocycles. The fourth-order valence-electron chi connectivity index (χ4n) is 0.712. The Morgan fingerprint density at radius 2 is 2.18 bits per heavy atom. The molecule has 0 spiro atoms. The fourth-order valence-corrected chi connectivity index (χ4v) is 0.884. The van der Waals surface area contributed by atoms with Crippen molar-refractivity contribution in [1.29, 1.82) is 0 Å². The van der Waals surface area contributed by atoms with Gasteiger partial charge in [0.2, 0.25) is 0 Å². The van der Waals surface area contributed by atoms with Gasteiger partial charge < -0.3 is 5.32 Å². The van der Waals surface area contributed by atoms with Gasteiger partial charge in [-0.2, -0.15) is 0 Å². The number of aromatic nitrogens is 2. The third-order valence-electron chi connectivity index (χ3n) is 1.27. The second-order valence-electron chi connectivity index (χ2n) is 2.07. The van der Waals surface area contributed by atoms with E-state index in [1.807, 2.05) is 6.92 Å². The number of nitrogens with one attached hydrogen (secondary N) is 1. The van der Waals surface area contributed by atoms with Crippen molar-refractivity contribution in [3.8, 4) is 0 Å². The van der Waals surface area contributed by atoms with Crippen LogP contribution in [0.25, 0.3) is 0 Å². The van der Waals surface area contributed by atoms with Crippen LogP contribution in [-0.4, -0.2) is 16.5 Å². The molecule has 1 rings (SSSR count). The summed E-state index contributed by atoms with van der Waals surface area (Å²) in [4.78, 5) is 7.95. The Hall–Kier alpha value is -0.670. The molecule has 0 saturated carbocycles. The first-order chi connectivity index (χ1) is 5.34. The monoisotopic (exact) mass is 171 g/mol. The van der Waals surface area contributed by atoms with E-state index in [9.17, 15) is 0 Å². The van der Waals surface area contributed by atoms with Gasteiger partial charge in [0.25, 0.3) is 0 Å². The summed E-state index contributed by atoms with van der Waals surface area (Å²) in [5, 5.41) is 3.60. The lowest BCUT2D eigenvalue weighted by atomic mass is 10.4. The summed E-state index contributed by atoms with van der Waals surface area (Å²) in [6.07, 6.45) is 3.22. The van der Waals surface area contributed by atoms with Gasteiger partial charge in [0, 0.05) is 18.9 Å². The fraction of sp³-hybridized carbons (Fsp3) is 0.429. The molecule has 0 atom stereocenters. The molecule has 1 heterocycles. The van der Waals surface area contributed by atoms with Gasteiger partial charge in [-0.3, -0.25) is 4.98 Å². The zero-order valence-corrected chi connectivity index (χ0v) is 7.10. The first kappa shape index (κ1) is 8.43. The lowest BCUT2D eigenvalue weighted by Crippen LogP contribution is -2.13. The standard InChI is InChI=1S/C7H10ClN3/c1-2-9-5-6-7(8)11-4-3-10-6/h3-4,9H,2,5H2,1H3. The minimum absolute atomic E-state index is 0.480. The zero-order valence-electron chi connectivity index (χ0n) is 6.34. The Morgan fingerprint density at radius 3 is 2.82 bits per heavy atom. The molecule has 0 aliphatic carbocycles. The Kier molecular flexibility index (Phi) is 3.26. The Morgan fingerprint density at radius 1 is 1.45 bits per heavy atom. The van der Waals surface area contributed by atoms with Crippen molar-refractivity contribution >= 4 is 11.6 Å². The van der Waals surface area contributed by atoms with Gasteiger partial charge in [-0.1, -0.05) is 18.5 Å². The van der Waals surface area contributed by atoms with E-state index in [2.05, 4.69) is 15.3 Å². The van der Waals surface area contributed by atoms with Crippen molar-refractivity contribution < 1.29 is 0 Å². The molecular weight excluding hydrogens is 162 g/mol. The molecule has 60 valence electrons. The second-order valence-corrected chi connectivity index (χ2v) is 2.43. The largest absolute Gasteiger partial charge is 0.311 e. The van der Waals surface area contributed by atoms with Gasteiger partial charge in [-0.25, -0.2) is 4.98 Å². The molecule has 4 heteroatoms. The van der Waals surface area contributed by atoms with E-state index < -0.39 is 0 Å². The smallest absolute Gasteiger partial charge is 0.151 e. The Balaban J connectivity index is 2.62. The molecule has 0 aliphatic heterocycles. The van der Waals surface area contributed by atoms with E-state index in [1.54, 1.807) is 12.4 Å². The highest BCUT2D eigenvalue weighted by atomic mass is 35.5. The Bertz CT molecular complexity index is 227. The summed E-state index contributed by atoms with van der Waals surface area (Å²) in [5.74, 6) is 0. The molecule has 0 aromatic carbocycles. The summed E-state index contributed by atoms with van der Waals surface area (Å²) < 4.78 is 0. The van der Waals surface area contributed by atoms with Crippen molar-refractivity contribution in [3.05, 3.63) is 23.2 Å². The van der Waals surface area contributed by atoms with Crippen LogP contribution >= 0.6 is 11.6 Å². The molecule has 1 aromatic rings. The first-order valence-corrected chi connectivity index (χ1v) is 3.88. The molecule has 0 aliphatic rings. The third kappa shape index (κ3) is 2.44. The summed E-state index contributed by atoms with van der Waals surface area (Å²) in [7, 11) is 0. The van der Waals surface area contributed by atoms with Crippen LogP contribution in [0, 0.1) is 0 Å². The second kappa shape index (κ2) is 4.26. The molecule has 1 N–H and O–H groups in total. The highest BCUT2D eigenvalue weighted by molar-refractivity contribution is 6.29. The topological polar surface area (TPSA) is 37.8 Å². The van der Waals surface area contributed by atoms with Crippen molar-refractivity contribution in [3.63, 3.8) is 0 Å². The normalized spacial score (nSPS) is 10.0. The molecule has 0 amide bonds. The maximum atomic E-state index is 5.75. The van der Waals surface area contributed by atoms with Gasteiger partial charge >= 0.3 is 0 Å². The number of rotatable bonds is 3. The van der Waals surface area contributed by atoms with Crippen molar-refractivity contribution in [1.82, 2.24) is 15.3 Å². The van der Waals surface area contributed by atoms with Crippen LogP contribution in [0.2, 0.25) is 5.15 Å². The van der Waals surface area contributed by atoms with Crippen LogP contribution in [0.15, 0.2) is 12.4 Å². The van der Waals surface area contributed by atoms with E-state index in [0.29, 0.717) is 11.7 Å². The third-order valence-corrected chi connectivity index (χ3v) is 1.58. The van der Waals surface area contributed by atoms with Crippen molar-refractivity contribution in [2.45, 2.75) is 13.5 Å². The summed E-state index contributed by atoms with van der Waals surface area (Å²) in [6, 6.07) is 0. The summed E-state index contributed by atoms with van der Waals surface area (Å²) in [5.41, 5.74) is 0.802. The number of hydrogen-bond donors (Lipinski definition) is 1. The quantitative estimate of drug-likeness (QED) is 0.744. The van der Waals surface area contributed by atoms with Crippen LogP contribution in [0.1, 0.15) is 12.6 Å². The van der Waals surface area contributed by atoms with E-state index in [4.69, 9.17) is 11.6 Å². The van der Waals surface area contributed by atoms with Gasteiger partial charge in [-0.05, 0) is 6.54 Å². The van der Waals surface area contributed by atoms with Crippen molar-refractivity contribution in [2.75, 3.05) is 6.54 Å². The van der Waals surface area contributed by atoms with Gasteiger partial charge in [0.1, 0.15) is 0 Å². The van der Waals surface area contributed by atoms with Gasteiger partial charge in [-0.15, -0.1) is 0 Å². The zero-order chi connectivity index (χ0) is 8.10. The van der Waals surface area contributed by atoms with Crippen LogP contribution in [0.3, 0.4) is 0 Å². The number of halogens is 1. The van der Waals surface area contributed by atoms with Crippen molar-refractivity contribution in [2.24, 2.45) is 0 Å². The van der Waals surface area contributed by atoms with E-state index in [1.165, 1.54) is 0 Å². The molecule has 0 bridgehead atoms. The molecule has 3 nitrogen and oxygen atoms in total. The lowest BCUT2D eigenvalue weighted by Gasteiger charge is -2.00. The lowest BCUT2D eigenvalue weighted by molar-refractivity contribution is 0.707. The van der Waals surface area contributed by atoms with E-state index in [-0.39, 0.29) is 0 Å². The number of hydrogen-bond acceptors (Lipinski definition) is 3. The van der Waals surface area contributed by atoms with Crippen LogP contribution < -0.4 is 5.32 Å². The minimum atomic E-state index is 0.480.